The van der Waals surface area contributed by atoms with Crippen molar-refractivity contribution in [3.63, 3.8) is 0 Å². The predicted molar refractivity (Wildman–Crippen MR) is 72.9 cm³/mol. The molecule has 0 spiro atoms. The zero-order valence-electron chi connectivity index (χ0n) is 10.7. The standard InChI is InChI=1S/C13H13NO5S/c1-14(11-6-7-19-8-11)10-2-4-12(5-3-10)20(17,18)9-13(15)16/h2-8H,9H2,1H3,(H,15,16). The van der Waals surface area contributed by atoms with E-state index < -0.39 is 21.6 Å². The van der Waals surface area contributed by atoms with Gasteiger partial charge in [-0.25, -0.2) is 8.42 Å². The highest BCUT2D eigenvalue weighted by molar-refractivity contribution is 7.92. The van der Waals surface area contributed by atoms with Crippen LogP contribution >= 0.6 is 0 Å². The van der Waals surface area contributed by atoms with Gasteiger partial charge in [-0.1, -0.05) is 0 Å². The van der Waals surface area contributed by atoms with Crippen LogP contribution in [-0.4, -0.2) is 32.3 Å². The second-order valence-corrected chi connectivity index (χ2v) is 6.18. The Morgan fingerprint density at radius 3 is 2.35 bits per heavy atom. The maximum atomic E-state index is 11.7. The van der Waals surface area contributed by atoms with Crippen molar-refractivity contribution in [1.82, 2.24) is 0 Å². The summed E-state index contributed by atoms with van der Waals surface area (Å²) in [5.41, 5.74) is 1.59. The van der Waals surface area contributed by atoms with E-state index in [-0.39, 0.29) is 4.90 Å². The first-order valence-electron chi connectivity index (χ1n) is 5.71. The average Bonchev–Trinajstić information content (AvgIpc) is 2.90. The highest BCUT2D eigenvalue weighted by Gasteiger charge is 2.18. The fourth-order valence-electron chi connectivity index (χ4n) is 1.72. The second kappa shape index (κ2) is 5.38. The van der Waals surface area contributed by atoms with Gasteiger partial charge in [0.05, 0.1) is 16.8 Å². The molecule has 1 N–H and O–H groups in total. The molecule has 2 aromatic rings. The lowest BCUT2D eigenvalue weighted by molar-refractivity contribution is -0.134. The van der Waals surface area contributed by atoms with Gasteiger partial charge < -0.3 is 14.4 Å². The molecule has 1 heterocycles. The molecule has 20 heavy (non-hydrogen) atoms. The SMILES string of the molecule is CN(c1ccc(S(=O)(=O)CC(=O)O)cc1)c1ccoc1. The molecule has 0 atom stereocenters. The molecule has 106 valence electrons. The van der Waals surface area contributed by atoms with Crippen molar-refractivity contribution >= 4 is 27.2 Å². The molecule has 1 aromatic carbocycles. The van der Waals surface area contributed by atoms with Crippen molar-refractivity contribution in [3.8, 4) is 0 Å². The second-order valence-electron chi connectivity index (χ2n) is 4.19. The van der Waals surface area contributed by atoms with E-state index in [1.54, 1.807) is 24.5 Å². The van der Waals surface area contributed by atoms with E-state index in [0.717, 1.165) is 11.4 Å². The number of anilines is 2. The lowest BCUT2D eigenvalue weighted by Crippen LogP contribution is -2.15. The van der Waals surface area contributed by atoms with E-state index in [2.05, 4.69) is 0 Å². The summed E-state index contributed by atoms with van der Waals surface area (Å²) in [7, 11) is -1.98. The fraction of sp³-hybridized carbons (Fsp3) is 0.154. The molecule has 0 saturated heterocycles. The number of rotatable bonds is 5. The molecular formula is C13H13NO5S. The highest BCUT2D eigenvalue weighted by Crippen LogP contribution is 2.25. The minimum absolute atomic E-state index is 0.00996. The molecule has 0 aliphatic carbocycles. The monoisotopic (exact) mass is 295 g/mol. The summed E-state index contributed by atoms with van der Waals surface area (Å²) >= 11 is 0. The van der Waals surface area contributed by atoms with Crippen LogP contribution in [0.15, 0.2) is 52.2 Å². The quantitative estimate of drug-likeness (QED) is 0.906. The van der Waals surface area contributed by atoms with Crippen molar-refractivity contribution in [2.45, 2.75) is 4.90 Å². The fourth-order valence-corrected chi connectivity index (χ4v) is 2.76. The van der Waals surface area contributed by atoms with Crippen molar-refractivity contribution in [2.75, 3.05) is 17.7 Å². The minimum Gasteiger partial charge on any atom is -0.480 e. The number of carboxylic acid groups (broad SMARTS) is 1. The molecule has 0 fully saturated rings. The normalized spacial score (nSPS) is 11.2. The van der Waals surface area contributed by atoms with Crippen LogP contribution in [0.4, 0.5) is 11.4 Å². The first-order chi connectivity index (χ1) is 9.40. The molecule has 0 radical (unpaired) electrons. The van der Waals surface area contributed by atoms with Gasteiger partial charge in [-0.15, -0.1) is 0 Å². The maximum Gasteiger partial charge on any atom is 0.319 e. The first kappa shape index (κ1) is 14.1. The molecule has 1 aromatic heterocycles. The van der Waals surface area contributed by atoms with Crippen LogP contribution in [0.25, 0.3) is 0 Å². The van der Waals surface area contributed by atoms with Gasteiger partial charge in [0.2, 0.25) is 0 Å². The number of hydrogen-bond acceptors (Lipinski definition) is 5. The van der Waals surface area contributed by atoms with Crippen LogP contribution in [0.5, 0.6) is 0 Å². The highest BCUT2D eigenvalue weighted by atomic mass is 32.2. The zero-order chi connectivity index (χ0) is 14.8. The van der Waals surface area contributed by atoms with Crippen molar-refractivity contribution in [2.24, 2.45) is 0 Å². The number of nitrogens with zero attached hydrogens (tertiary/aromatic N) is 1. The Hall–Kier alpha value is -2.28. The number of sulfone groups is 1. The van der Waals surface area contributed by atoms with Gasteiger partial charge in [-0.05, 0) is 24.3 Å². The first-order valence-corrected chi connectivity index (χ1v) is 7.36. The number of benzene rings is 1. The van der Waals surface area contributed by atoms with Crippen LogP contribution in [0.2, 0.25) is 0 Å². The Balaban J connectivity index is 2.25. The van der Waals surface area contributed by atoms with Gasteiger partial charge >= 0.3 is 5.97 Å². The number of carbonyl (C=O) groups is 1. The van der Waals surface area contributed by atoms with E-state index in [1.807, 2.05) is 11.9 Å². The summed E-state index contributed by atoms with van der Waals surface area (Å²) in [6, 6.07) is 7.78. The third kappa shape index (κ3) is 3.00. The van der Waals surface area contributed by atoms with E-state index in [1.165, 1.54) is 18.4 Å². The van der Waals surface area contributed by atoms with Crippen molar-refractivity contribution in [3.05, 3.63) is 42.9 Å². The van der Waals surface area contributed by atoms with Gasteiger partial charge in [0, 0.05) is 18.8 Å². The third-order valence-corrected chi connectivity index (χ3v) is 4.41. The summed E-state index contributed by atoms with van der Waals surface area (Å²) in [5, 5.41) is 8.58. The topological polar surface area (TPSA) is 87.8 Å². The molecule has 0 aliphatic heterocycles. The molecule has 0 saturated carbocycles. The Morgan fingerprint density at radius 1 is 1.20 bits per heavy atom. The summed E-state index contributed by atoms with van der Waals surface area (Å²) in [6.45, 7) is 0. The van der Waals surface area contributed by atoms with Gasteiger partial charge in [0.25, 0.3) is 0 Å². The van der Waals surface area contributed by atoms with E-state index >= 15 is 0 Å². The lowest BCUT2D eigenvalue weighted by atomic mass is 10.3. The van der Waals surface area contributed by atoms with Crippen LogP contribution < -0.4 is 4.90 Å². The number of hydrogen-bond donors (Lipinski definition) is 1. The molecule has 7 heteroatoms. The smallest absolute Gasteiger partial charge is 0.319 e. The van der Waals surface area contributed by atoms with Crippen molar-refractivity contribution in [1.29, 1.82) is 0 Å². The Labute approximate surface area is 116 Å². The summed E-state index contributed by atoms with van der Waals surface area (Å²) in [6.07, 6.45) is 3.10. The number of furan rings is 1. The van der Waals surface area contributed by atoms with Gasteiger partial charge in [-0.2, -0.15) is 0 Å². The van der Waals surface area contributed by atoms with E-state index in [9.17, 15) is 13.2 Å². The van der Waals surface area contributed by atoms with Crippen molar-refractivity contribution < 1.29 is 22.7 Å². The Morgan fingerprint density at radius 2 is 1.85 bits per heavy atom. The number of aliphatic carboxylic acids is 1. The zero-order valence-corrected chi connectivity index (χ0v) is 11.5. The third-order valence-electron chi connectivity index (χ3n) is 2.79. The largest absolute Gasteiger partial charge is 0.480 e. The Bertz CT molecular complexity index is 689. The van der Waals surface area contributed by atoms with Crippen LogP contribution in [-0.2, 0) is 14.6 Å². The summed E-state index contributed by atoms with van der Waals surface area (Å²) in [5.74, 6) is -2.28. The van der Waals surface area contributed by atoms with Crippen LogP contribution in [0, 0.1) is 0 Å². The van der Waals surface area contributed by atoms with E-state index in [0.29, 0.717) is 0 Å². The molecular weight excluding hydrogens is 282 g/mol. The predicted octanol–water partition coefficient (Wildman–Crippen LogP) is 1.91. The molecule has 0 unspecified atom stereocenters. The van der Waals surface area contributed by atoms with Crippen LogP contribution in [0.1, 0.15) is 0 Å². The molecule has 6 nitrogen and oxygen atoms in total. The van der Waals surface area contributed by atoms with Gasteiger partial charge in [-0.3, -0.25) is 4.79 Å². The number of carboxylic acids is 1. The molecule has 0 bridgehead atoms. The Kier molecular flexibility index (Phi) is 3.80. The van der Waals surface area contributed by atoms with Gasteiger partial charge in [0.15, 0.2) is 15.6 Å². The van der Waals surface area contributed by atoms with E-state index in [4.69, 9.17) is 9.52 Å². The summed E-state index contributed by atoms with van der Waals surface area (Å²) in [4.78, 5) is 12.3. The molecule has 0 amide bonds. The summed E-state index contributed by atoms with van der Waals surface area (Å²) < 4.78 is 28.5. The van der Waals surface area contributed by atoms with Gasteiger partial charge in [0.1, 0.15) is 6.26 Å². The lowest BCUT2D eigenvalue weighted by Gasteiger charge is -2.17. The molecule has 0 aliphatic rings. The maximum absolute atomic E-state index is 11.7. The van der Waals surface area contributed by atoms with Crippen LogP contribution in [0.3, 0.4) is 0 Å². The molecule has 2 rings (SSSR count). The average molecular weight is 295 g/mol. The minimum atomic E-state index is -3.79.